The number of hydrogen-bond acceptors (Lipinski definition) is 13. The Bertz CT molecular complexity index is 1940. The fraction of sp³-hybridized carbons (Fsp3) is 0.205. The van der Waals surface area contributed by atoms with Crippen molar-refractivity contribution < 1.29 is 57.2 Å². The van der Waals surface area contributed by atoms with E-state index in [9.17, 15) is 28.8 Å². The molecule has 1 aliphatic rings. The van der Waals surface area contributed by atoms with Gasteiger partial charge in [0, 0.05) is 19.2 Å². The van der Waals surface area contributed by atoms with Crippen molar-refractivity contribution >= 4 is 35.8 Å². The van der Waals surface area contributed by atoms with Crippen LogP contribution >= 0.6 is 0 Å². The third-order valence-corrected chi connectivity index (χ3v) is 7.76. The van der Waals surface area contributed by atoms with E-state index in [0.29, 0.717) is 0 Å². The highest BCUT2D eigenvalue weighted by molar-refractivity contribution is 5.91. The number of nitrogens with one attached hydrogen (secondary N) is 1. The van der Waals surface area contributed by atoms with Gasteiger partial charge in [0.2, 0.25) is 11.7 Å². The van der Waals surface area contributed by atoms with Gasteiger partial charge >= 0.3 is 29.8 Å². The molecule has 14 nitrogen and oxygen atoms in total. The Hall–Kier alpha value is -6.83. The molecule has 2 heterocycles. The SMILES string of the molecule is COC(=O)C1=C[C@H](OC(=O)c2ccccc2)[C@@H](NC(C)=O)[C@H]([C@H](OC(=O)c2ccccn2)[C@@H](COC(=O)c2ccccc2)OC(=O)c2ccccc2)O1. The first kappa shape index (κ1) is 37.4. The van der Waals surface area contributed by atoms with Crippen LogP contribution in [-0.2, 0) is 38.0 Å². The highest BCUT2D eigenvalue weighted by atomic mass is 16.6. The standard InChI is InChI=1S/C39H34N2O12/c1-24(42)41-32-29(51-36(44)26-16-8-4-9-17-26)22-30(39(47)48-2)50-34(32)33(53-38(46)28-20-12-13-21-40-28)31(52-37(45)27-18-10-5-11-19-27)23-49-35(43)25-14-6-3-7-15-25/h3-22,29,31-34H,23H2,1-2H3,(H,41,42)/t29-,31+,32+,33+,34+/m0/s1. The molecule has 0 bridgehead atoms. The maximum atomic E-state index is 13.7. The van der Waals surface area contributed by atoms with Crippen LogP contribution in [0.25, 0.3) is 0 Å². The van der Waals surface area contributed by atoms with E-state index in [0.717, 1.165) is 13.2 Å². The van der Waals surface area contributed by atoms with Crippen molar-refractivity contribution in [3.63, 3.8) is 0 Å². The van der Waals surface area contributed by atoms with Gasteiger partial charge in [0.15, 0.2) is 18.3 Å². The van der Waals surface area contributed by atoms with Crippen LogP contribution in [0.15, 0.2) is 127 Å². The first-order valence-electron chi connectivity index (χ1n) is 16.2. The predicted octanol–water partition coefficient (Wildman–Crippen LogP) is 3.88. The average Bonchev–Trinajstić information content (AvgIpc) is 3.19. The number of methoxy groups -OCH3 is 1. The Morgan fingerprint density at radius 1 is 0.698 bits per heavy atom. The minimum Gasteiger partial charge on any atom is -0.477 e. The molecule has 0 aliphatic carbocycles. The number of carbonyl (C=O) groups is 6. The zero-order valence-corrected chi connectivity index (χ0v) is 28.5. The Morgan fingerprint density at radius 2 is 1.26 bits per heavy atom. The second kappa shape index (κ2) is 17.9. The topological polar surface area (TPSA) is 183 Å². The summed E-state index contributed by atoms with van der Waals surface area (Å²) in [7, 11) is 1.08. The van der Waals surface area contributed by atoms with Crippen LogP contribution in [0.2, 0.25) is 0 Å². The summed E-state index contributed by atoms with van der Waals surface area (Å²) < 4.78 is 34.2. The molecule has 0 unspecified atom stereocenters. The minimum atomic E-state index is -1.79. The van der Waals surface area contributed by atoms with Crippen molar-refractivity contribution in [2.75, 3.05) is 13.7 Å². The maximum Gasteiger partial charge on any atom is 0.373 e. The van der Waals surface area contributed by atoms with Crippen LogP contribution in [0.5, 0.6) is 0 Å². The number of esters is 5. The lowest BCUT2D eigenvalue weighted by Gasteiger charge is -2.41. The first-order chi connectivity index (χ1) is 25.6. The number of aromatic nitrogens is 1. The Morgan fingerprint density at radius 3 is 1.81 bits per heavy atom. The monoisotopic (exact) mass is 722 g/mol. The van der Waals surface area contributed by atoms with Crippen LogP contribution < -0.4 is 5.32 Å². The zero-order chi connectivity index (χ0) is 37.7. The van der Waals surface area contributed by atoms with Gasteiger partial charge in [-0.3, -0.25) is 4.79 Å². The van der Waals surface area contributed by atoms with E-state index in [1.54, 1.807) is 60.7 Å². The van der Waals surface area contributed by atoms with Crippen molar-refractivity contribution in [3.05, 3.63) is 150 Å². The van der Waals surface area contributed by atoms with Gasteiger partial charge in [-0.1, -0.05) is 60.7 Å². The van der Waals surface area contributed by atoms with Crippen molar-refractivity contribution in [1.29, 1.82) is 0 Å². The average molecular weight is 723 g/mol. The summed E-state index contributed by atoms with van der Waals surface area (Å²) in [6.45, 7) is 0.459. The summed E-state index contributed by atoms with van der Waals surface area (Å²) in [6, 6.07) is 26.7. The molecule has 53 heavy (non-hydrogen) atoms. The number of hydrogen-bond donors (Lipinski definition) is 1. The predicted molar refractivity (Wildman–Crippen MR) is 184 cm³/mol. The fourth-order valence-electron chi connectivity index (χ4n) is 5.27. The molecular weight excluding hydrogens is 688 g/mol. The van der Waals surface area contributed by atoms with E-state index >= 15 is 0 Å². The smallest absolute Gasteiger partial charge is 0.373 e. The lowest BCUT2D eigenvalue weighted by atomic mass is 9.93. The molecule has 0 fully saturated rings. The highest BCUT2D eigenvalue weighted by Crippen LogP contribution is 2.30. The van der Waals surface area contributed by atoms with E-state index in [4.69, 9.17) is 28.4 Å². The number of nitrogens with zero attached hydrogens (tertiary/aromatic N) is 1. The molecule has 1 N–H and O–H groups in total. The van der Waals surface area contributed by atoms with Gasteiger partial charge in [-0.15, -0.1) is 0 Å². The van der Waals surface area contributed by atoms with Crippen LogP contribution in [-0.4, -0.2) is 84.9 Å². The summed E-state index contributed by atoms with van der Waals surface area (Å²) in [4.78, 5) is 83.5. The van der Waals surface area contributed by atoms with Crippen LogP contribution in [0.3, 0.4) is 0 Å². The number of ether oxygens (including phenoxy) is 6. The summed E-state index contributed by atoms with van der Waals surface area (Å²) in [5.74, 6) is -5.73. The van der Waals surface area contributed by atoms with Crippen molar-refractivity contribution in [2.45, 2.75) is 37.4 Å². The third kappa shape index (κ3) is 9.91. The molecule has 3 aromatic carbocycles. The van der Waals surface area contributed by atoms with Gasteiger partial charge in [-0.2, -0.15) is 0 Å². The second-order valence-corrected chi connectivity index (χ2v) is 11.4. The molecule has 0 spiro atoms. The number of pyridine rings is 1. The zero-order valence-electron chi connectivity index (χ0n) is 28.5. The van der Waals surface area contributed by atoms with Gasteiger partial charge in [-0.05, 0) is 48.5 Å². The Kier molecular flexibility index (Phi) is 12.6. The second-order valence-electron chi connectivity index (χ2n) is 11.4. The van der Waals surface area contributed by atoms with Crippen molar-refractivity contribution in [3.8, 4) is 0 Å². The lowest BCUT2D eigenvalue weighted by molar-refractivity contribution is -0.153. The number of carbonyl (C=O) groups excluding carboxylic acids is 6. The molecule has 0 saturated heterocycles. The highest BCUT2D eigenvalue weighted by Gasteiger charge is 2.50. The molecule has 1 amide bonds. The van der Waals surface area contributed by atoms with Gasteiger partial charge in [0.25, 0.3) is 0 Å². The van der Waals surface area contributed by atoms with Crippen LogP contribution in [0, 0.1) is 0 Å². The quantitative estimate of drug-likeness (QED) is 0.155. The van der Waals surface area contributed by atoms with E-state index in [-0.39, 0.29) is 22.4 Å². The molecule has 14 heteroatoms. The number of amides is 1. The summed E-state index contributed by atoms with van der Waals surface area (Å²) in [5, 5.41) is 2.65. The van der Waals surface area contributed by atoms with Crippen molar-refractivity contribution in [2.24, 2.45) is 0 Å². The van der Waals surface area contributed by atoms with Crippen LogP contribution in [0.1, 0.15) is 48.5 Å². The molecule has 5 rings (SSSR count). The summed E-state index contributed by atoms with van der Waals surface area (Å²) in [5.41, 5.74) is 0.228. The molecular formula is C39H34N2O12. The third-order valence-electron chi connectivity index (χ3n) is 7.76. The fourth-order valence-corrected chi connectivity index (χ4v) is 5.27. The summed E-state index contributed by atoms with van der Waals surface area (Å²) in [6.07, 6.45) is -4.11. The largest absolute Gasteiger partial charge is 0.477 e. The maximum absolute atomic E-state index is 13.7. The molecule has 272 valence electrons. The molecule has 4 aromatic rings. The molecule has 1 aromatic heterocycles. The van der Waals surface area contributed by atoms with Gasteiger partial charge in [0.05, 0.1) is 23.8 Å². The summed E-state index contributed by atoms with van der Waals surface area (Å²) >= 11 is 0. The van der Waals surface area contributed by atoms with Crippen LogP contribution in [0.4, 0.5) is 0 Å². The normalized spacial score (nSPS) is 17.3. The molecule has 5 atom stereocenters. The lowest BCUT2D eigenvalue weighted by Crippen LogP contribution is -2.62. The molecule has 0 radical (unpaired) electrons. The first-order valence-corrected chi connectivity index (χ1v) is 16.2. The molecule has 1 aliphatic heterocycles. The number of rotatable bonds is 13. The van der Waals surface area contributed by atoms with E-state index in [1.807, 2.05) is 0 Å². The molecule has 0 saturated carbocycles. The van der Waals surface area contributed by atoms with Gasteiger partial charge < -0.3 is 33.7 Å². The van der Waals surface area contributed by atoms with E-state index < -0.39 is 78.6 Å². The minimum absolute atomic E-state index is 0.0921. The Labute approximate surface area is 303 Å². The number of benzene rings is 3. The van der Waals surface area contributed by atoms with E-state index in [2.05, 4.69) is 10.3 Å². The van der Waals surface area contributed by atoms with Gasteiger partial charge in [-0.25, -0.2) is 29.0 Å². The Balaban J connectivity index is 1.61. The van der Waals surface area contributed by atoms with Crippen molar-refractivity contribution in [1.82, 2.24) is 10.3 Å². The van der Waals surface area contributed by atoms with Gasteiger partial charge in [0.1, 0.15) is 24.4 Å². The van der Waals surface area contributed by atoms with E-state index in [1.165, 1.54) is 61.7 Å².